The average Bonchev–Trinajstić information content (AvgIpc) is 2.54. The third kappa shape index (κ3) is 3.31. The van der Waals surface area contributed by atoms with Crippen molar-refractivity contribution in [1.82, 2.24) is 5.32 Å². The van der Waals surface area contributed by atoms with Crippen LogP contribution in [0.25, 0.3) is 0 Å². The predicted octanol–water partition coefficient (Wildman–Crippen LogP) is 2.65. The molecule has 23 heavy (non-hydrogen) atoms. The molecule has 2 aromatic rings. The Morgan fingerprint density at radius 1 is 1.26 bits per heavy atom. The Labute approximate surface area is 132 Å². The van der Waals surface area contributed by atoms with Gasteiger partial charge in [0, 0.05) is 5.56 Å². The maximum Gasteiger partial charge on any atom is 0.262 e. The molecule has 1 unspecified atom stereocenters. The molecule has 0 spiro atoms. The maximum atomic E-state index is 12.9. The van der Waals surface area contributed by atoms with Crippen LogP contribution in [0.2, 0.25) is 0 Å². The zero-order chi connectivity index (χ0) is 16.4. The predicted molar refractivity (Wildman–Crippen MR) is 82.8 cm³/mol. The van der Waals surface area contributed by atoms with E-state index in [1.807, 2.05) is 6.92 Å². The first-order valence-electron chi connectivity index (χ1n) is 7.16. The van der Waals surface area contributed by atoms with E-state index < -0.39 is 0 Å². The molecule has 6 heteroatoms. The van der Waals surface area contributed by atoms with Crippen molar-refractivity contribution in [2.45, 2.75) is 13.0 Å². The number of halogens is 1. The van der Waals surface area contributed by atoms with Crippen LogP contribution in [0.4, 0.5) is 10.1 Å². The van der Waals surface area contributed by atoms with Gasteiger partial charge in [0.1, 0.15) is 11.6 Å². The molecule has 0 fully saturated rings. The summed E-state index contributed by atoms with van der Waals surface area (Å²) in [4.78, 5) is 23.7. The molecular weight excluding hydrogens is 299 g/mol. The van der Waals surface area contributed by atoms with Crippen molar-refractivity contribution in [2.75, 3.05) is 11.9 Å². The molecule has 0 saturated heterocycles. The third-order valence-electron chi connectivity index (χ3n) is 3.59. The SMILES string of the molecule is CC(NC(=O)c1ccc2c(c1)NC(=O)CO2)c1ccc(F)cc1. The van der Waals surface area contributed by atoms with Gasteiger partial charge in [-0.3, -0.25) is 9.59 Å². The number of anilines is 1. The summed E-state index contributed by atoms with van der Waals surface area (Å²) in [7, 11) is 0. The van der Waals surface area contributed by atoms with Crippen molar-refractivity contribution in [3.05, 3.63) is 59.4 Å². The van der Waals surface area contributed by atoms with Crippen LogP contribution in [-0.2, 0) is 4.79 Å². The van der Waals surface area contributed by atoms with Crippen molar-refractivity contribution in [2.24, 2.45) is 0 Å². The number of hydrogen-bond acceptors (Lipinski definition) is 3. The van der Waals surface area contributed by atoms with Gasteiger partial charge in [0.2, 0.25) is 0 Å². The van der Waals surface area contributed by atoms with Crippen LogP contribution in [-0.4, -0.2) is 18.4 Å². The molecule has 0 bridgehead atoms. The van der Waals surface area contributed by atoms with Crippen LogP contribution >= 0.6 is 0 Å². The second kappa shape index (κ2) is 6.08. The second-order valence-corrected chi connectivity index (χ2v) is 5.29. The molecule has 1 heterocycles. The maximum absolute atomic E-state index is 12.9. The van der Waals surface area contributed by atoms with Crippen molar-refractivity contribution < 1.29 is 18.7 Å². The fourth-order valence-corrected chi connectivity index (χ4v) is 2.34. The Hall–Kier alpha value is -2.89. The number of rotatable bonds is 3. The molecule has 3 rings (SSSR count). The van der Waals surface area contributed by atoms with E-state index in [9.17, 15) is 14.0 Å². The van der Waals surface area contributed by atoms with Gasteiger partial charge in [0.05, 0.1) is 11.7 Å². The van der Waals surface area contributed by atoms with Gasteiger partial charge in [0.15, 0.2) is 6.61 Å². The van der Waals surface area contributed by atoms with Crippen molar-refractivity contribution in [3.8, 4) is 5.75 Å². The highest BCUT2D eigenvalue weighted by atomic mass is 19.1. The number of carbonyl (C=O) groups excluding carboxylic acids is 2. The molecule has 1 aliphatic rings. The van der Waals surface area contributed by atoms with Crippen LogP contribution in [0.1, 0.15) is 28.9 Å². The molecule has 0 radical (unpaired) electrons. The minimum atomic E-state index is -0.322. The first kappa shape index (κ1) is 15.0. The molecule has 2 amide bonds. The molecule has 2 aromatic carbocycles. The van der Waals surface area contributed by atoms with E-state index in [0.717, 1.165) is 5.56 Å². The number of carbonyl (C=O) groups is 2. The fourth-order valence-electron chi connectivity index (χ4n) is 2.34. The van der Waals surface area contributed by atoms with Crippen LogP contribution < -0.4 is 15.4 Å². The largest absolute Gasteiger partial charge is 0.482 e. The summed E-state index contributed by atoms with van der Waals surface area (Å²) in [5.41, 5.74) is 1.68. The number of hydrogen-bond donors (Lipinski definition) is 2. The lowest BCUT2D eigenvalue weighted by atomic mass is 10.1. The summed E-state index contributed by atoms with van der Waals surface area (Å²) in [6.45, 7) is 1.79. The molecule has 1 atom stereocenters. The lowest BCUT2D eigenvalue weighted by Gasteiger charge is -2.19. The van der Waals surface area contributed by atoms with Gasteiger partial charge in [0.25, 0.3) is 11.8 Å². The Bertz CT molecular complexity index is 759. The van der Waals surface area contributed by atoms with Crippen molar-refractivity contribution in [3.63, 3.8) is 0 Å². The van der Waals surface area contributed by atoms with Crippen molar-refractivity contribution >= 4 is 17.5 Å². The Morgan fingerprint density at radius 2 is 2.00 bits per heavy atom. The molecule has 2 N–H and O–H groups in total. The van der Waals surface area contributed by atoms with Gasteiger partial charge < -0.3 is 15.4 Å². The molecule has 0 aliphatic carbocycles. The lowest BCUT2D eigenvalue weighted by molar-refractivity contribution is -0.118. The van der Waals surface area contributed by atoms with Crippen LogP contribution in [0, 0.1) is 5.82 Å². The number of fused-ring (bicyclic) bond motifs is 1. The van der Waals surface area contributed by atoms with Gasteiger partial charge in [-0.05, 0) is 42.8 Å². The molecular formula is C17H15FN2O3. The highest BCUT2D eigenvalue weighted by molar-refractivity contribution is 5.99. The van der Waals surface area contributed by atoms with Crippen LogP contribution in [0.15, 0.2) is 42.5 Å². The van der Waals surface area contributed by atoms with Crippen molar-refractivity contribution in [1.29, 1.82) is 0 Å². The number of ether oxygens (including phenoxy) is 1. The van der Waals surface area contributed by atoms with E-state index in [0.29, 0.717) is 17.0 Å². The highest BCUT2D eigenvalue weighted by Crippen LogP contribution is 2.28. The van der Waals surface area contributed by atoms with Gasteiger partial charge >= 0.3 is 0 Å². The summed E-state index contributed by atoms with van der Waals surface area (Å²) in [6.07, 6.45) is 0. The summed E-state index contributed by atoms with van der Waals surface area (Å²) in [6, 6.07) is 10.5. The van der Waals surface area contributed by atoms with Gasteiger partial charge in [-0.25, -0.2) is 4.39 Å². The molecule has 0 saturated carbocycles. The summed E-state index contributed by atoms with van der Waals surface area (Å²) >= 11 is 0. The van der Waals surface area contributed by atoms with Gasteiger partial charge in [-0.15, -0.1) is 0 Å². The van der Waals surface area contributed by atoms with E-state index in [2.05, 4.69) is 10.6 Å². The number of benzene rings is 2. The normalized spacial score (nSPS) is 14.3. The minimum absolute atomic E-state index is 0.0276. The van der Waals surface area contributed by atoms with E-state index in [-0.39, 0.29) is 30.3 Å². The Kier molecular flexibility index (Phi) is 3.97. The molecule has 118 valence electrons. The quantitative estimate of drug-likeness (QED) is 0.915. The topological polar surface area (TPSA) is 67.4 Å². The standard InChI is InChI=1S/C17H15FN2O3/c1-10(11-2-5-13(18)6-3-11)19-17(22)12-4-7-15-14(8-12)20-16(21)9-23-15/h2-8,10H,9H2,1H3,(H,19,22)(H,20,21). The highest BCUT2D eigenvalue weighted by Gasteiger charge is 2.18. The zero-order valence-electron chi connectivity index (χ0n) is 12.4. The first-order valence-corrected chi connectivity index (χ1v) is 7.16. The molecule has 1 aliphatic heterocycles. The zero-order valence-corrected chi connectivity index (χ0v) is 12.4. The molecule has 0 aromatic heterocycles. The van der Waals surface area contributed by atoms with Crippen LogP contribution in [0.5, 0.6) is 5.75 Å². The van der Waals surface area contributed by atoms with E-state index in [1.54, 1.807) is 30.3 Å². The number of amides is 2. The van der Waals surface area contributed by atoms with Gasteiger partial charge in [-0.1, -0.05) is 12.1 Å². The molecule has 5 nitrogen and oxygen atoms in total. The average molecular weight is 314 g/mol. The lowest BCUT2D eigenvalue weighted by Crippen LogP contribution is -2.28. The Balaban J connectivity index is 1.74. The second-order valence-electron chi connectivity index (χ2n) is 5.29. The summed E-state index contributed by atoms with van der Waals surface area (Å²) < 4.78 is 18.2. The fraction of sp³-hybridized carbons (Fsp3) is 0.176. The smallest absolute Gasteiger partial charge is 0.262 e. The first-order chi connectivity index (χ1) is 11.0. The van der Waals surface area contributed by atoms with Crippen LogP contribution in [0.3, 0.4) is 0 Å². The van der Waals surface area contributed by atoms with Gasteiger partial charge in [-0.2, -0.15) is 0 Å². The van der Waals surface area contributed by atoms with E-state index in [1.165, 1.54) is 12.1 Å². The monoisotopic (exact) mass is 314 g/mol. The Morgan fingerprint density at radius 3 is 2.74 bits per heavy atom. The third-order valence-corrected chi connectivity index (χ3v) is 3.59. The summed E-state index contributed by atoms with van der Waals surface area (Å²) in [5.74, 6) is -0.329. The number of nitrogens with one attached hydrogen (secondary N) is 2. The summed E-state index contributed by atoms with van der Waals surface area (Å²) in [5, 5.41) is 5.50. The minimum Gasteiger partial charge on any atom is -0.482 e. The van der Waals surface area contributed by atoms with E-state index in [4.69, 9.17) is 4.74 Å². The van der Waals surface area contributed by atoms with E-state index >= 15 is 0 Å².